The molecule has 0 atom stereocenters. The number of aromatic nitrogens is 2. The number of hydrogen-bond donors (Lipinski definition) is 0. The molecule has 3 aromatic rings. The topological polar surface area (TPSA) is 48.2 Å². The molecule has 0 aliphatic carbocycles. The molecule has 4 nitrogen and oxygen atoms in total. The maximum atomic E-state index is 13.2. The quantitative estimate of drug-likeness (QED) is 0.657. The van der Waals surface area contributed by atoms with Crippen LogP contribution in [0.2, 0.25) is 0 Å². The highest BCUT2D eigenvalue weighted by Gasteiger charge is 2.42. The number of hydrogen-bond acceptors (Lipinski definition) is 4. The largest absolute Gasteiger partial charge is 0.420 e. The summed E-state index contributed by atoms with van der Waals surface area (Å²) in [6.07, 6.45) is -3.46. The average molecular weight is 374 g/mol. The summed E-state index contributed by atoms with van der Waals surface area (Å²) in [5.41, 5.74) is -0.195. The Morgan fingerprint density at radius 3 is 2.33 bits per heavy atom. The van der Waals surface area contributed by atoms with E-state index in [-0.39, 0.29) is 0 Å². The molecule has 27 heavy (non-hydrogen) atoms. The van der Waals surface area contributed by atoms with E-state index < -0.39 is 17.2 Å². The predicted molar refractivity (Wildman–Crippen MR) is 92.0 cm³/mol. The summed E-state index contributed by atoms with van der Waals surface area (Å²) in [6.45, 7) is 0.832. The molecule has 1 aliphatic rings. The van der Waals surface area contributed by atoms with Gasteiger partial charge < -0.3 is 9.15 Å². The van der Waals surface area contributed by atoms with Crippen molar-refractivity contribution in [2.45, 2.75) is 24.4 Å². The molecule has 0 saturated carbocycles. The first-order chi connectivity index (χ1) is 13.0. The van der Waals surface area contributed by atoms with Crippen LogP contribution in [0.4, 0.5) is 13.2 Å². The van der Waals surface area contributed by atoms with Crippen molar-refractivity contribution in [3.05, 3.63) is 71.6 Å². The first-order valence-corrected chi connectivity index (χ1v) is 8.64. The van der Waals surface area contributed by atoms with Gasteiger partial charge in [-0.25, -0.2) is 0 Å². The van der Waals surface area contributed by atoms with Crippen molar-refractivity contribution >= 4 is 0 Å². The second-order valence-corrected chi connectivity index (χ2v) is 6.55. The summed E-state index contributed by atoms with van der Waals surface area (Å²) in [7, 11) is 0. The van der Waals surface area contributed by atoms with Crippen LogP contribution in [0.25, 0.3) is 11.5 Å². The Labute approximate surface area is 154 Å². The highest BCUT2D eigenvalue weighted by atomic mass is 19.4. The van der Waals surface area contributed by atoms with Crippen LogP contribution in [0.3, 0.4) is 0 Å². The number of ether oxygens (including phenoxy) is 1. The van der Waals surface area contributed by atoms with Crippen molar-refractivity contribution in [2.24, 2.45) is 0 Å². The zero-order valence-electron chi connectivity index (χ0n) is 14.4. The molecule has 1 saturated heterocycles. The third-order valence-corrected chi connectivity index (χ3v) is 4.94. The Balaban J connectivity index is 1.79. The SMILES string of the molecule is FC(F)(F)c1cccc(C2(c3nnc(-c4ccccc4)o3)CCOCC2)c1. The van der Waals surface area contributed by atoms with Crippen molar-refractivity contribution in [2.75, 3.05) is 13.2 Å². The van der Waals surface area contributed by atoms with E-state index in [1.165, 1.54) is 12.1 Å². The van der Waals surface area contributed by atoms with Crippen molar-refractivity contribution in [1.82, 2.24) is 10.2 Å². The fraction of sp³-hybridized carbons (Fsp3) is 0.300. The van der Waals surface area contributed by atoms with Gasteiger partial charge in [0.2, 0.25) is 11.8 Å². The molecule has 1 aromatic heterocycles. The number of rotatable bonds is 3. The second-order valence-electron chi connectivity index (χ2n) is 6.55. The second kappa shape index (κ2) is 6.81. The van der Waals surface area contributed by atoms with Gasteiger partial charge in [-0.3, -0.25) is 0 Å². The minimum Gasteiger partial charge on any atom is -0.420 e. The minimum absolute atomic E-state index is 0.323. The smallest absolute Gasteiger partial charge is 0.416 e. The molecular formula is C20H17F3N2O2. The molecule has 0 amide bonds. The van der Waals surface area contributed by atoms with Gasteiger partial charge in [0.25, 0.3) is 0 Å². The minimum atomic E-state index is -4.41. The molecule has 4 rings (SSSR count). The summed E-state index contributed by atoms with van der Waals surface area (Å²) in [6, 6.07) is 14.6. The standard InChI is InChI=1S/C20H17F3N2O2/c21-20(22,23)16-8-4-7-15(13-16)19(9-11-26-12-10-19)18-25-24-17(27-18)14-5-2-1-3-6-14/h1-8,13H,9-12H2. The van der Waals surface area contributed by atoms with Crippen LogP contribution < -0.4 is 0 Å². The van der Waals surface area contributed by atoms with Crippen molar-refractivity contribution in [1.29, 1.82) is 0 Å². The van der Waals surface area contributed by atoms with E-state index in [9.17, 15) is 13.2 Å². The van der Waals surface area contributed by atoms with Crippen LogP contribution >= 0.6 is 0 Å². The van der Waals surface area contributed by atoms with Gasteiger partial charge >= 0.3 is 6.18 Å². The predicted octanol–water partition coefficient (Wildman–Crippen LogP) is 4.85. The van der Waals surface area contributed by atoms with Crippen LogP contribution in [0.1, 0.15) is 29.9 Å². The normalized spacial score (nSPS) is 17.0. The number of benzene rings is 2. The van der Waals surface area contributed by atoms with E-state index in [0.29, 0.717) is 43.4 Å². The van der Waals surface area contributed by atoms with Crippen LogP contribution in [-0.4, -0.2) is 23.4 Å². The zero-order chi connectivity index (χ0) is 18.9. The lowest BCUT2D eigenvalue weighted by Gasteiger charge is -2.34. The van der Waals surface area contributed by atoms with Gasteiger partial charge in [0.1, 0.15) is 0 Å². The van der Waals surface area contributed by atoms with Gasteiger partial charge in [-0.05, 0) is 36.6 Å². The molecule has 0 unspecified atom stereocenters. The van der Waals surface area contributed by atoms with Crippen molar-refractivity contribution in [3.8, 4) is 11.5 Å². The van der Waals surface area contributed by atoms with Gasteiger partial charge in [0, 0.05) is 18.8 Å². The molecular weight excluding hydrogens is 357 g/mol. The lowest BCUT2D eigenvalue weighted by molar-refractivity contribution is -0.137. The van der Waals surface area contributed by atoms with E-state index in [0.717, 1.165) is 11.6 Å². The van der Waals surface area contributed by atoms with E-state index in [4.69, 9.17) is 9.15 Å². The molecule has 1 fully saturated rings. The first kappa shape index (κ1) is 17.7. The van der Waals surface area contributed by atoms with E-state index in [1.807, 2.05) is 30.3 Å². The third-order valence-electron chi connectivity index (χ3n) is 4.94. The Morgan fingerprint density at radius 1 is 0.889 bits per heavy atom. The van der Waals surface area contributed by atoms with Gasteiger partial charge in [0.15, 0.2) is 0 Å². The van der Waals surface area contributed by atoms with Gasteiger partial charge in [-0.1, -0.05) is 36.4 Å². The van der Waals surface area contributed by atoms with Gasteiger partial charge in [-0.15, -0.1) is 10.2 Å². The van der Waals surface area contributed by atoms with Crippen LogP contribution in [0.5, 0.6) is 0 Å². The Bertz CT molecular complexity index is 916. The molecule has 2 aromatic carbocycles. The summed E-state index contributed by atoms with van der Waals surface area (Å²) in [4.78, 5) is 0. The highest BCUT2D eigenvalue weighted by Crippen LogP contribution is 2.43. The fourth-order valence-corrected chi connectivity index (χ4v) is 3.45. The molecule has 0 spiro atoms. The lowest BCUT2D eigenvalue weighted by atomic mass is 9.73. The summed E-state index contributed by atoms with van der Waals surface area (Å²) < 4.78 is 51.0. The summed E-state index contributed by atoms with van der Waals surface area (Å²) in [5, 5.41) is 8.33. The van der Waals surface area contributed by atoms with Crippen molar-refractivity contribution in [3.63, 3.8) is 0 Å². The molecule has 0 N–H and O–H groups in total. The monoisotopic (exact) mass is 374 g/mol. The third kappa shape index (κ3) is 3.35. The Morgan fingerprint density at radius 2 is 1.63 bits per heavy atom. The molecule has 2 heterocycles. The molecule has 7 heteroatoms. The maximum Gasteiger partial charge on any atom is 0.416 e. The van der Waals surface area contributed by atoms with E-state index in [2.05, 4.69) is 10.2 Å². The zero-order valence-corrected chi connectivity index (χ0v) is 14.4. The number of alkyl halides is 3. The summed E-state index contributed by atoms with van der Waals surface area (Å²) in [5.74, 6) is 0.674. The molecule has 1 aliphatic heterocycles. The van der Waals surface area contributed by atoms with Gasteiger partial charge in [-0.2, -0.15) is 13.2 Å². The van der Waals surface area contributed by atoms with Crippen molar-refractivity contribution < 1.29 is 22.3 Å². The fourth-order valence-electron chi connectivity index (χ4n) is 3.45. The van der Waals surface area contributed by atoms with Crippen LogP contribution in [0, 0.1) is 0 Å². The summed E-state index contributed by atoms with van der Waals surface area (Å²) >= 11 is 0. The average Bonchev–Trinajstić information content (AvgIpc) is 3.19. The Hall–Kier alpha value is -2.67. The first-order valence-electron chi connectivity index (χ1n) is 8.64. The molecule has 0 radical (unpaired) electrons. The van der Waals surface area contributed by atoms with Crippen LogP contribution in [-0.2, 0) is 16.3 Å². The molecule has 0 bridgehead atoms. The number of halogens is 3. The number of nitrogens with zero attached hydrogens (tertiary/aromatic N) is 2. The Kier molecular flexibility index (Phi) is 4.47. The lowest BCUT2D eigenvalue weighted by Crippen LogP contribution is -2.35. The van der Waals surface area contributed by atoms with Gasteiger partial charge in [0.05, 0.1) is 11.0 Å². The molecule has 140 valence electrons. The maximum absolute atomic E-state index is 13.2. The van der Waals surface area contributed by atoms with E-state index >= 15 is 0 Å². The van der Waals surface area contributed by atoms with E-state index in [1.54, 1.807) is 6.07 Å². The highest BCUT2D eigenvalue weighted by molar-refractivity contribution is 5.52. The van der Waals surface area contributed by atoms with Crippen LogP contribution in [0.15, 0.2) is 59.0 Å².